The van der Waals surface area contributed by atoms with Crippen molar-refractivity contribution in [3.8, 4) is 17.2 Å². The number of hydrogen-bond donors (Lipinski definition) is 1. The summed E-state index contributed by atoms with van der Waals surface area (Å²) in [5, 5.41) is 10.0. The Hall–Kier alpha value is -2.55. The molecule has 0 unspecified atom stereocenters. The maximum atomic E-state index is 13.4. The summed E-state index contributed by atoms with van der Waals surface area (Å²) < 4.78 is 16.6. The highest BCUT2D eigenvalue weighted by Crippen LogP contribution is 2.33. The summed E-state index contributed by atoms with van der Waals surface area (Å²) >= 11 is 0. The minimum atomic E-state index is -0.467. The Morgan fingerprint density at radius 3 is 2.50 bits per heavy atom. The molecule has 0 aliphatic carbocycles. The van der Waals surface area contributed by atoms with E-state index in [0.29, 0.717) is 30.1 Å². The van der Waals surface area contributed by atoms with Gasteiger partial charge in [0.15, 0.2) is 11.5 Å². The topological polar surface area (TPSA) is 71.5 Å². The molecule has 2 heterocycles. The van der Waals surface area contributed by atoms with Gasteiger partial charge in [0.2, 0.25) is 5.91 Å². The highest BCUT2D eigenvalue weighted by atomic mass is 16.5. The molecule has 0 saturated heterocycles. The Morgan fingerprint density at radius 2 is 1.87 bits per heavy atom. The van der Waals surface area contributed by atoms with Crippen LogP contribution in [0.15, 0.2) is 42.5 Å². The Morgan fingerprint density at radius 1 is 1.17 bits per heavy atom. The minimum Gasteiger partial charge on any atom is -0.493 e. The third-order valence-corrected chi connectivity index (χ3v) is 5.43. The monoisotopic (exact) mass is 411 g/mol. The van der Waals surface area contributed by atoms with Crippen molar-refractivity contribution in [3.63, 3.8) is 0 Å². The molecule has 30 heavy (non-hydrogen) atoms. The van der Waals surface area contributed by atoms with Crippen LogP contribution in [0.2, 0.25) is 0 Å². The van der Waals surface area contributed by atoms with Crippen LogP contribution < -0.4 is 9.47 Å². The number of aliphatic hydroxyl groups excluding tert-OH is 1. The van der Waals surface area contributed by atoms with Crippen LogP contribution in [0.3, 0.4) is 0 Å². The highest BCUT2D eigenvalue weighted by Gasteiger charge is 2.31. The van der Waals surface area contributed by atoms with Gasteiger partial charge in [-0.25, -0.2) is 0 Å². The van der Waals surface area contributed by atoms with Gasteiger partial charge in [0.25, 0.3) is 0 Å². The number of rotatable bonds is 5. The van der Waals surface area contributed by atoms with Gasteiger partial charge in [-0.2, -0.15) is 0 Å². The summed E-state index contributed by atoms with van der Waals surface area (Å²) in [4.78, 5) is 16.8. The summed E-state index contributed by atoms with van der Waals surface area (Å²) in [6.07, 6.45) is 0.980. The minimum absolute atomic E-state index is 0.0871. The number of carbonyl (C=O) groups is 1. The second-order valence-electron chi connectivity index (χ2n) is 7.45. The number of carbonyl (C=O) groups excluding carboxylic acids is 1. The summed E-state index contributed by atoms with van der Waals surface area (Å²) in [6, 6.07) is 12.5. The van der Waals surface area contributed by atoms with Crippen molar-refractivity contribution in [1.29, 1.82) is 0 Å². The molecule has 8 heteroatoms. The van der Waals surface area contributed by atoms with Crippen molar-refractivity contribution < 1.29 is 24.0 Å². The Bertz CT molecular complexity index is 861. The summed E-state index contributed by atoms with van der Waals surface area (Å²) in [7, 11) is 8.22. The molecule has 0 fully saturated rings. The van der Waals surface area contributed by atoms with Gasteiger partial charge in [-0.3, -0.25) is 4.79 Å². The second-order valence-corrected chi connectivity index (χ2v) is 7.45. The molecule has 0 aromatic heterocycles. The molecular formula is C22H28BN2O5. The number of methoxy groups -OCH3 is 1. The summed E-state index contributed by atoms with van der Waals surface area (Å²) in [5.74, 6) is 1.81. The Labute approximate surface area is 178 Å². The zero-order valence-corrected chi connectivity index (χ0v) is 17.9. The zero-order valence-electron chi connectivity index (χ0n) is 17.9. The molecule has 0 spiro atoms. The van der Waals surface area contributed by atoms with Gasteiger partial charge in [0, 0.05) is 14.2 Å². The van der Waals surface area contributed by atoms with Gasteiger partial charge >= 0.3 is 7.62 Å². The van der Waals surface area contributed by atoms with Crippen LogP contribution in [-0.2, 0) is 22.3 Å². The molecule has 7 nitrogen and oxygen atoms in total. The average molecular weight is 411 g/mol. The molecule has 0 saturated carbocycles. The highest BCUT2D eigenvalue weighted by molar-refractivity contribution is 6.24. The van der Waals surface area contributed by atoms with E-state index in [-0.39, 0.29) is 18.6 Å². The number of aliphatic hydroxyl groups is 1. The van der Waals surface area contributed by atoms with Crippen LogP contribution in [0.1, 0.15) is 11.1 Å². The van der Waals surface area contributed by atoms with Gasteiger partial charge < -0.3 is 28.9 Å². The molecule has 1 amide bonds. The molecule has 2 atom stereocenters. The maximum absolute atomic E-state index is 13.4. The van der Waals surface area contributed by atoms with Crippen LogP contribution in [0.4, 0.5) is 0 Å². The van der Waals surface area contributed by atoms with Crippen molar-refractivity contribution in [3.05, 3.63) is 53.6 Å². The lowest BCUT2D eigenvalue weighted by atomic mass is 9.97. The molecular weight excluding hydrogens is 383 g/mol. The van der Waals surface area contributed by atoms with E-state index in [1.54, 1.807) is 31.0 Å². The van der Waals surface area contributed by atoms with E-state index >= 15 is 0 Å². The average Bonchev–Trinajstić information content (AvgIpc) is 2.75. The number of benzene rings is 2. The van der Waals surface area contributed by atoms with Crippen molar-refractivity contribution in [2.24, 2.45) is 0 Å². The standard InChI is InChI=1S/C22H28BN2O5/c1-24-17(14-26)11-16-7-10-20(28-3)21(13-16)30-18-8-5-15(6-9-18)12-19(22(24)27)25(2)23-29-4/h5-10,13,17,19,26H,11-12,14H2,1-4H3/t17-,19-/m0/s1. The lowest BCUT2D eigenvalue weighted by Gasteiger charge is -2.34. The third kappa shape index (κ3) is 4.95. The summed E-state index contributed by atoms with van der Waals surface area (Å²) in [5.41, 5.74) is 1.93. The van der Waals surface area contributed by atoms with Gasteiger partial charge in [-0.05, 0) is 55.3 Å². The first-order chi connectivity index (χ1) is 14.5. The second kappa shape index (κ2) is 9.97. The van der Waals surface area contributed by atoms with E-state index in [2.05, 4.69) is 0 Å². The van der Waals surface area contributed by atoms with Crippen molar-refractivity contribution in [2.75, 3.05) is 34.9 Å². The molecule has 1 N–H and O–H groups in total. The fourth-order valence-corrected chi connectivity index (χ4v) is 3.63. The SMILES string of the molecule is CO[B]N(C)[C@H]1Cc2ccc(cc2)Oc2cc(ccc2OC)C[C@@H](CO)N(C)C1=O. The van der Waals surface area contributed by atoms with E-state index in [9.17, 15) is 9.90 Å². The molecule has 2 aliphatic rings. The first-order valence-corrected chi connectivity index (χ1v) is 9.86. The molecule has 159 valence electrons. The third-order valence-electron chi connectivity index (χ3n) is 5.43. The van der Waals surface area contributed by atoms with Gasteiger partial charge in [0.05, 0.1) is 25.8 Å². The maximum Gasteiger partial charge on any atom is 0.399 e. The summed E-state index contributed by atoms with van der Waals surface area (Å²) in [6.45, 7) is -0.150. The fourth-order valence-electron chi connectivity index (χ4n) is 3.63. The number of ether oxygens (including phenoxy) is 2. The first kappa shape index (κ1) is 22.1. The smallest absolute Gasteiger partial charge is 0.399 e. The van der Waals surface area contributed by atoms with E-state index in [1.165, 1.54) is 7.62 Å². The van der Waals surface area contributed by atoms with Gasteiger partial charge in [-0.1, -0.05) is 18.2 Å². The lowest BCUT2D eigenvalue weighted by molar-refractivity contribution is -0.136. The van der Waals surface area contributed by atoms with Crippen molar-refractivity contribution in [2.45, 2.75) is 24.9 Å². The number of hydrogen-bond acceptors (Lipinski definition) is 6. The molecule has 4 bridgehead atoms. The van der Waals surface area contributed by atoms with E-state index in [0.717, 1.165) is 11.1 Å². The van der Waals surface area contributed by atoms with Gasteiger partial charge in [0.1, 0.15) is 5.75 Å². The predicted molar refractivity (Wildman–Crippen MR) is 115 cm³/mol. The number of fused-ring (bicyclic) bond motifs is 7. The quantitative estimate of drug-likeness (QED) is 0.758. The Kier molecular flexibility index (Phi) is 7.36. The van der Waals surface area contributed by atoms with Crippen LogP contribution in [-0.4, -0.2) is 75.3 Å². The van der Waals surface area contributed by atoms with Crippen LogP contribution >= 0.6 is 0 Å². The number of likely N-dealkylation sites (N-methyl/N-ethyl adjacent to an activating group) is 2. The van der Waals surface area contributed by atoms with E-state index in [4.69, 9.17) is 14.1 Å². The molecule has 2 aliphatic heterocycles. The lowest BCUT2D eigenvalue weighted by Crippen LogP contribution is -2.52. The Balaban J connectivity index is 2.04. The molecule has 2 aromatic rings. The van der Waals surface area contributed by atoms with Crippen LogP contribution in [0, 0.1) is 0 Å². The normalized spacial score (nSPS) is 19.4. The predicted octanol–water partition coefficient (Wildman–Crippen LogP) is 1.89. The fraction of sp³-hybridized carbons (Fsp3) is 0.409. The molecule has 2 aromatic carbocycles. The van der Waals surface area contributed by atoms with Crippen molar-refractivity contribution >= 4 is 13.5 Å². The van der Waals surface area contributed by atoms with E-state index < -0.39 is 6.04 Å². The zero-order chi connectivity index (χ0) is 21.7. The van der Waals surface area contributed by atoms with Crippen LogP contribution in [0.25, 0.3) is 0 Å². The van der Waals surface area contributed by atoms with Crippen LogP contribution in [0.5, 0.6) is 17.2 Å². The number of nitrogens with zero attached hydrogens (tertiary/aromatic N) is 2. The largest absolute Gasteiger partial charge is 0.493 e. The molecule has 1 radical (unpaired) electrons. The van der Waals surface area contributed by atoms with E-state index in [1.807, 2.05) is 49.5 Å². The van der Waals surface area contributed by atoms with Gasteiger partial charge in [-0.15, -0.1) is 0 Å². The first-order valence-electron chi connectivity index (χ1n) is 9.86. The molecule has 4 rings (SSSR count). The number of amides is 1. The van der Waals surface area contributed by atoms with Crippen molar-refractivity contribution in [1.82, 2.24) is 9.71 Å².